The minimum absolute atomic E-state index is 0. The predicted molar refractivity (Wildman–Crippen MR) is 63.6 cm³/mol. The van der Waals surface area contributed by atoms with Crippen LogP contribution in [-0.2, 0) is 14.1 Å². The van der Waals surface area contributed by atoms with Gasteiger partial charge in [0.05, 0.1) is 0 Å². The normalized spacial score (nSPS) is 8.95. The van der Waals surface area contributed by atoms with E-state index < -0.39 is 32.5 Å². The summed E-state index contributed by atoms with van der Waals surface area (Å²) in [7, 11) is -4.53. The number of carboxylic acids is 1. The molecule has 0 radical (unpaired) electrons. The number of carboxylic acid groups (broad SMARTS) is 1. The molecule has 0 heterocycles. The van der Waals surface area contributed by atoms with Gasteiger partial charge in [-0.1, -0.05) is 12.7 Å². The van der Waals surface area contributed by atoms with Crippen LogP contribution in [0.2, 0.25) is 0 Å². The first-order valence-electron chi connectivity index (χ1n) is 4.05. The molecular formula is C7H18NO10P. The highest BCUT2D eigenvalue weighted by atomic mass is 31.2. The average molecular weight is 307 g/mol. The van der Waals surface area contributed by atoms with Crippen molar-refractivity contribution in [3.8, 4) is 0 Å². The van der Waals surface area contributed by atoms with Crippen LogP contribution in [0.3, 0.4) is 0 Å². The second-order valence-corrected chi connectivity index (χ2v) is 4.38. The Kier molecular flexibility index (Phi) is 16.0. The Labute approximate surface area is 108 Å². The van der Waals surface area contributed by atoms with E-state index in [1.165, 1.54) is 6.08 Å². The van der Waals surface area contributed by atoms with Gasteiger partial charge in [-0.3, -0.25) is 14.3 Å². The standard InChI is InChI=1S/C7H12NO7P.3H2O/c1-2-3-15-7(11)8(4-6(9)10)5-16(12,13)14;;;/h2H,1,3-5H2,(H,9,10)(H2,12,13,14);3*1H2. The molecule has 0 atom stereocenters. The molecule has 0 aliphatic heterocycles. The van der Waals surface area contributed by atoms with Crippen LogP contribution < -0.4 is 0 Å². The smallest absolute Gasteiger partial charge is 0.411 e. The summed E-state index contributed by atoms with van der Waals surface area (Å²) in [6, 6.07) is 0. The monoisotopic (exact) mass is 307 g/mol. The molecule has 0 aliphatic rings. The summed E-state index contributed by atoms with van der Waals surface area (Å²) in [6.45, 7) is 2.25. The van der Waals surface area contributed by atoms with Gasteiger partial charge in [-0.25, -0.2) is 4.79 Å². The Morgan fingerprint density at radius 3 is 2.05 bits per heavy atom. The van der Waals surface area contributed by atoms with E-state index in [2.05, 4.69) is 11.3 Å². The van der Waals surface area contributed by atoms with Crippen molar-refractivity contribution in [1.29, 1.82) is 0 Å². The van der Waals surface area contributed by atoms with Gasteiger partial charge < -0.3 is 36.1 Å². The fourth-order valence-electron chi connectivity index (χ4n) is 0.779. The van der Waals surface area contributed by atoms with Crippen molar-refractivity contribution in [3.63, 3.8) is 0 Å². The number of ether oxygens (including phenoxy) is 1. The maximum Gasteiger partial charge on any atom is 0.411 e. The van der Waals surface area contributed by atoms with E-state index in [1.807, 2.05) is 0 Å². The van der Waals surface area contributed by atoms with Crippen molar-refractivity contribution in [2.24, 2.45) is 0 Å². The lowest BCUT2D eigenvalue weighted by Gasteiger charge is -2.19. The van der Waals surface area contributed by atoms with Crippen molar-refractivity contribution in [2.45, 2.75) is 0 Å². The minimum atomic E-state index is -4.53. The molecule has 0 aromatic carbocycles. The number of rotatable bonds is 6. The van der Waals surface area contributed by atoms with E-state index >= 15 is 0 Å². The van der Waals surface area contributed by atoms with Gasteiger partial charge in [0.1, 0.15) is 19.4 Å². The molecule has 0 aromatic heterocycles. The minimum Gasteiger partial charge on any atom is -0.480 e. The van der Waals surface area contributed by atoms with Crippen LogP contribution >= 0.6 is 7.60 Å². The molecule has 1 amide bonds. The Hall–Kier alpha value is -1.49. The van der Waals surface area contributed by atoms with E-state index in [4.69, 9.17) is 14.9 Å². The SMILES string of the molecule is C=CCOC(=O)N(CC(=O)O)CP(=O)(O)O.O.O.O. The first kappa shape index (κ1) is 26.1. The molecule has 116 valence electrons. The van der Waals surface area contributed by atoms with Gasteiger partial charge in [0.25, 0.3) is 0 Å². The number of carbonyl (C=O) groups excluding carboxylic acids is 1. The van der Waals surface area contributed by atoms with Gasteiger partial charge in [0, 0.05) is 0 Å². The van der Waals surface area contributed by atoms with Crippen molar-refractivity contribution in [2.75, 3.05) is 19.4 Å². The first-order chi connectivity index (χ1) is 7.26. The summed E-state index contributed by atoms with van der Waals surface area (Å²) in [5.74, 6) is -1.40. The maximum atomic E-state index is 11.2. The molecule has 0 aromatic rings. The summed E-state index contributed by atoms with van der Waals surface area (Å²) in [6.07, 6.45) is -0.880. The molecule has 19 heavy (non-hydrogen) atoms. The van der Waals surface area contributed by atoms with Crippen molar-refractivity contribution in [3.05, 3.63) is 12.7 Å². The highest BCUT2D eigenvalue weighted by Gasteiger charge is 2.26. The summed E-state index contributed by atoms with van der Waals surface area (Å²) in [5.41, 5.74) is 0. The molecular weight excluding hydrogens is 289 g/mol. The molecule has 0 saturated carbocycles. The Balaban J connectivity index is -0.000000375. The van der Waals surface area contributed by atoms with E-state index in [9.17, 15) is 14.2 Å². The third-order valence-corrected chi connectivity index (χ3v) is 1.97. The van der Waals surface area contributed by atoms with E-state index in [0.717, 1.165) is 0 Å². The van der Waals surface area contributed by atoms with E-state index in [-0.39, 0.29) is 23.0 Å². The lowest BCUT2D eigenvalue weighted by Crippen LogP contribution is -2.36. The van der Waals surface area contributed by atoms with Crippen LogP contribution in [-0.4, -0.2) is 67.7 Å². The zero-order valence-corrected chi connectivity index (χ0v) is 10.7. The summed E-state index contributed by atoms with van der Waals surface area (Å²) in [5, 5.41) is 8.43. The largest absolute Gasteiger partial charge is 0.480 e. The van der Waals surface area contributed by atoms with Crippen LogP contribution in [0.1, 0.15) is 0 Å². The second kappa shape index (κ2) is 11.6. The fraction of sp³-hybridized carbons (Fsp3) is 0.429. The summed E-state index contributed by atoms with van der Waals surface area (Å²) < 4.78 is 15.1. The number of aliphatic carboxylic acids is 1. The van der Waals surface area contributed by atoms with Crippen molar-refractivity contribution < 1.29 is 50.2 Å². The van der Waals surface area contributed by atoms with Gasteiger partial charge in [0.15, 0.2) is 0 Å². The highest BCUT2D eigenvalue weighted by molar-refractivity contribution is 7.51. The summed E-state index contributed by atoms with van der Waals surface area (Å²) >= 11 is 0. The number of hydrogen-bond donors (Lipinski definition) is 3. The topological polar surface area (TPSA) is 219 Å². The molecule has 9 N–H and O–H groups in total. The van der Waals surface area contributed by atoms with Gasteiger partial charge >= 0.3 is 19.7 Å². The van der Waals surface area contributed by atoms with Gasteiger partial charge in [-0.2, -0.15) is 0 Å². The van der Waals surface area contributed by atoms with Gasteiger partial charge in [0.2, 0.25) is 0 Å². The average Bonchev–Trinajstić information content (AvgIpc) is 2.10. The molecule has 0 aliphatic carbocycles. The van der Waals surface area contributed by atoms with Crippen LogP contribution in [0.25, 0.3) is 0 Å². The third kappa shape index (κ3) is 14.4. The number of carbonyl (C=O) groups is 2. The second-order valence-electron chi connectivity index (χ2n) is 2.76. The Morgan fingerprint density at radius 2 is 1.74 bits per heavy atom. The molecule has 12 heteroatoms. The molecule has 11 nitrogen and oxygen atoms in total. The van der Waals surface area contributed by atoms with Crippen molar-refractivity contribution in [1.82, 2.24) is 4.90 Å². The van der Waals surface area contributed by atoms with Crippen molar-refractivity contribution >= 4 is 19.7 Å². The molecule has 0 bridgehead atoms. The zero-order chi connectivity index (χ0) is 12.8. The maximum absolute atomic E-state index is 11.2. The lowest BCUT2D eigenvalue weighted by molar-refractivity contribution is -0.137. The first-order valence-corrected chi connectivity index (χ1v) is 5.85. The lowest BCUT2D eigenvalue weighted by atomic mass is 10.6. The van der Waals surface area contributed by atoms with Crippen LogP contribution in [0.15, 0.2) is 12.7 Å². The van der Waals surface area contributed by atoms with Gasteiger partial charge in [-0.15, -0.1) is 0 Å². The van der Waals surface area contributed by atoms with Crippen LogP contribution in [0, 0.1) is 0 Å². The zero-order valence-electron chi connectivity index (χ0n) is 9.77. The fourth-order valence-corrected chi connectivity index (χ4v) is 1.44. The molecule has 0 rings (SSSR count). The van der Waals surface area contributed by atoms with Crippen LogP contribution in [0.4, 0.5) is 4.79 Å². The Morgan fingerprint density at radius 1 is 1.26 bits per heavy atom. The van der Waals surface area contributed by atoms with Crippen LogP contribution in [0.5, 0.6) is 0 Å². The number of amides is 1. The molecule has 0 fully saturated rings. The number of hydrogen-bond acceptors (Lipinski definition) is 4. The number of nitrogens with zero attached hydrogens (tertiary/aromatic N) is 1. The molecule has 0 saturated heterocycles. The molecule has 0 unspecified atom stereocenters. The van der Waals surface area contributed by atoms with E-state index in [0.29, 0.717) is 4.90 Å². The quantitative estimate of drug-likeness (QED) is 0.349. The van der Waals surface area contributed by atoms with E-state index in [1.54, 1.807) is 0 Å². The Bertz CT molecular complexity index is 326. The predicted octanol–water partition coefficient (Wildman–Crippen LogP) is -2.64. The third-order valence-electron chi connectivity index (χ3n) is 1.26. The molecule has 0 spiro atoms. The highest BCUT2D eigenvalue weighted by Crippen LogP contribution is 2.35. The summed E-state index contributed by atoms with van der Waals surface area (Å²) in [4.78, 5) is 39.2. The van der Waals surface area contributed by atoms with Gasteiger partial charge in [-0.05, 0) is 0 Å².